The lowest BCUT2D eigenvalue weighted by Gasteiger charge is -2.11. The number of nitrogens with one attached hydrogen (secondary N) is 1. The monoisotopic (exact) mass is 366 g/mol. The third-order valence-electron chi connectivity index (χ3n) is 4.47. The summed E-state index contributed by atoms with van der Waals surface area (Å²) in [5.41, 5.74) is 2.51. The van der Waals surface area contributed by atoms with Gasteiger partial charge in [0.15, 0.2) is 15.7 Å². The van der Waals surface area contributed by atoms with Crippen LogP contribution in [0.4, 0.5) is 5.69 Å². The number of hydrogen-bond donors (Lipinski definition) is 1. The second-order valence-corrected chi connectivity index (χ2v) is 8.61. The lowest BCUT2D eigenvalue weighted by atomic mass is 10.2. The van der Waals surface area contributed by atoms with Crippen LogP contribution in [0.5, 0.6) is 0 Å². The molecule has 1 atom stereocenters. The molecule has 1 aliphatic rings. The van der Waals surface area contributed by atoms with E-state index in [2.05, 4.69) is 15.4 Å². The molecule has 1 aliphatic heterocycles. The zero-order valence-electron chi connectivity index (χ0n) is 14.8. The van der Waals surface area contributed by atoms with Crippen molar-refractivity contribution in [3.63, 3.8) is 0 Å². The summed E-state index contributed by atoms with van der Waals surface area (Å²) < 4.78 is 30.6. The van der Waals surface area contributed by atoms with E-state index in [0.29, 0.717) is 35.8 Å². The average Bonchev–Trinajstić information content (AvgIpc) is 3.18. The third kappa shape index (κ3) is 3.33. The number of carbonyl (C=O) groups excluding carboxylic acids is 1. The number of amides is 1. The Morgan fingerprint density at radius 2 is 2.04 bits per heavy atom. The zero-order valence-corrected chi connectivity index (χ0v) is 15.6. The Labute approximate surface area is 146 Å². The molecule has 0 spiro atoms. The number of sulfone groups is 1. The summed E-state index contributed by atoms with van der Waals surface area (Å²) >= 11 is 0. The number of aryl methyl sites for hydroxylation is 3. The van der Waals surface area contributed by atoms with Gasteiger partial charge in [0.1, 0.15) is 0 Å². The molecule has 8 nitrogen and oxygen atoms in total. The molecule has 3 rings (SSSR count). The maximum atomic E-state index is 12.5. The van der Waals surface area contributed by atoms with Crippen molar-refractivity contribution in [3.8, 4) is 0 Å². The fraction of sp³-hybridized carbons (Fsp3) is 0.562. The molecule has 136 valence electrons. The Balaban J connectivity index is 1.86. The Kier molecular flexibility index (Phi) is 4.44. The van der Waals surface area contributed by atoms with E-state index in [1.54, 1.807) is 18.5 Å². The molecule has 0 aromatic carbocycles. The Bertz CT molecular complexity index is 926. The van der Waals surface area contributed by atoms with E-state index in [4.69, 9.17) is 4.42 Å². The lowest BCUT2D eigenvalue weighted by molar-refractivity contribution is 0.0994. The smallest absolute Gasteiger partial charge is 0.293 e. The first-order chi connectivity index (χ1) is 11.7. The Morgan fingerprint density at radius 1 is 1.32 bits per heavy atom. The SMILES string of the molecule is CCc1nc(C)c(C(=O)Nc2c(C)nn(C3CCS(=O)(=O)C3)c2C)o1. The number of aromatic nitrogens is 3. The van der Waals surface area contributed by atoms with Crippen molar-refractivity contribution in [1.82, 2.24) is 14.8 Å². The number of nitrogens with zero attached hydrogens (tertiary/aromatic N) is 3. The molecule has 0 bridgehead atoms. The van der Waals surface area contributed by atoms with Crippen LogP contribution in [0.3, 0.4) is 0 Å². The number of anilines is 1. The Morgan fingerprint density at radius 3 is 2.60 bits per heavy atom. The van der Waals surface area contributed by atoms with E-state index in [9.17, 15) is 13.2 Å². The van der Waals surface area contributed by atoms with Gasteiger partial charge in [-0.2, -0.15) is 5.10 Å². The van der Waals surface area contributed by atoms with Gasteiger partial charge in [0.25, 0.3) is 5.91 Å². The van der Waals surface area contributed by atoms with Gasteiger partial charge < -0.3 is 9.73 Å². The van der Waals surface area contributed by atoms with Crippen molar-refractivity contribution in [1.29, 1.82) is 0 Å². The summed E-state index contributed by atoms with van der Waals surface area (Å²) in [7, 11) is -3.01. The van der Waals surface area contributed by atoms with Gasteiger partial charge in [0.2, 0.25) is 5.76 Å². The third-order valence-corrected chi connectivity index (χ3v) is 6.22. The maximum Gasteiger partial charge on any atom is 0.293 e. The predicted octanol–water partition coefficient (Wildman–Crippen LogP) is 1.97. The van der Waals surface area contributed by atoms with Crippen LogP contribution in [0.2, 0.25) is 0 Å². The molecule has 3 heterocycles. The van der Waals surface area contributed by atoms with Crippen molar-refractivity contribution in [3.05, 3.63) is 28.7 Å². The second kappa shape index (κ2) is 6.29. The van der Waals surface area contributed by atoms with Crippen molar-refractivity contribution in [2.24, 2.45) is 0 Å². The van der Waals surface area contributed by atoms with Gasteiger partial charge in [-0.25, -0.2) is 13.4 Å². The average molecular weight is 366 g/mol. The molecule has 1 unspecified atom stereocenters. The van der Waals surface area contributed by atoms with Crippen LogP contribution in [-0.4, -0.2) is 40.6 Å². The molecular weight excluding hydrogens is 344 g/mol. The molecule has 2 aromatic rings. The van der Waals surface area contributed by atoms with Crippen LogP contribution < -0.4 is 5.32 Å². The largest absolute Gasteiger partial charge is 0.435 e. The van der Waals surface area contributed by atoms with Crippen molar-refractivity contribution in [2.75, 3.05) is 16.8 Å². The molecule has 1 saturated heterocycles. The first-order valence-corrected chi connectivity index (χ1v) is 10.1. The van der Waals surface area contributed by atoms with Gasteiger partial charge in [-0.3, -0.25) is 9.48 Å². The van der Waals surface area contributed by atoms with E-state index >= 15 is 0 Å². The first kappa shape index (κ1) is 17.7. The van der Waals surface area contributed by atoms with Gasteiger partial charge in [-0.05, 0) is 27.2 Å². The quantitative estimate of drug-likeness (QED) is 0.886. The van der Waals surface area contributed by atoms with E-state index in [0.717, 1.165) is 5.69 Å². The number of carbonyl (C=O) groups is 1. The van der Waals surface area contributed by atoms with Gasteiger partial charge in [-0.15, -0.1) is 0 Å². The Hall–Kier alpha value is -2.16. The first-order valence-electron chi connectivity index (χ1n) is 8.25. The van der Waals surface area contributed by atoms with Crippen LogP contribution >= 0.6 is 0 Å². The van der Waals surface area contributed by atoms with Crippen LogP contribution in [0.15, 0.2) is 4.42 Å². The van der Waals surface area contributed by atoms with Gasteiger partial charge in [0, 0.05) is 6.42 Å². The molecule has 0 radical (unpaired) electrons. The van der Waals surface area contributed by atoms with Crippen molar-refractivity contribution >= 4 is 21.4 Å². The van der Waals surface area contributed by atoms with Gasteiger partial charge >= 0.3 is 0 Å². The number of oxazole rings is 1. The summed E-state index contributed by atoms with van der Waals surface area (Å²) in [6, 6.07) is -0.187. The summed E-state index contributed by atoms with van der Waals surface area (Å²) in [6.45, 7) is 7.24. The molecule has 2 aromatic heterocycles. The molecule has 1 amide bonds. The molecule has 0 saturated carbocycles. The van der Waals surface area contributed by atoms with E-state index in [1.165, 1.54) is 0 Å². The standard InChI is InChI=1S/C16H22N4O4S/c1-5-13-17-10(3)15(24-13)16(21)18-14-9(2)19-20(11(14)4)12-6-7-25(22,23)8-12/h12H,5-8H2,1-4H3,(H,18,21). The fourth-order valence-electron chi connectivity index (χ4n) is 3.15. The van der Waals surface area contributed by atoms with Crippen molar-refractivity contribution < 1.29 is 17.6 Å². The molecule has 9 heteroatoms. The normalized spacial score (nSPS) is 19.3. The highest BCUT2D eigenvalue weighted by Crippen LogP contribution is 2.29. The topological polar surface area (TPSA) is 107 Å². The molecular formula is C16H22N4O4S. The highest BCUT2D eigenvalue weighted by Gasteiger charge is 2.32. The number of hydrogen-bond acceptors (Lipinski definition) is 6. The molecule has 1 fully saturated rings. The van der Waals surface area contributed by atoms with Gasteiger partial charge in [-0.1, -0.05) is 6.92 Å². The fourth-order valence-corrected chi connectivity index (χ4v) is 4.84. The minimum absolute atomic E-state index is 0.0867. The second-order valence-electron chi connectivity index (χ2n) is 6.38. The summed E-state index contributed by atoms with van der Waals surface area (Å²) in [5.74, 6) is 0.585. The summed E-state index contributed by atoms with van der Waals surface area (Å²) in [4.78, 5) is 16.7. The van der Waals surface area contributed by atoms with E-state index in [1.807, 2.05) is 13.8 Å². The summed E-state index contributed by atoms with van der Waals surface area (Å²) in [5, 5.41) is 7.27. The minimum Gasteiger partial charge on any atom is -0.435 e. The summed E-state index contributed by atoms with van der Waals surface area (Å²) in [6.07, 6.45) is 1.15. The van der Waals surface area contributed by atoms with Crippen LogP contribution in [0.1, 0.15) is 52.9 Å². The van der Waals surface area contributed by atoms with Crippen LogP contribution in [0, 0.1) is 20.8 Å². The number of rotatable bonds is 4. The predicted molar refractivity (Wildman–Crippen MR) is 92.6 cm³/mol. The van der Waals surface area contributed by atoms with Crippen molar-refractivity contribution in [2.45, 2.75) is 46.6 Å². The van der Waals surface area contributed by atoms with E-state index in [-0.39, 0.29) is 29.2 Å². The lowest BCUT2D eigenvalue weighted by Crippen LogP contribution is -2.16. The minimum atomic E-state index is -3.01. The van der Waals surface area contributed by atoms with Gasteiger partial charge in [0.05, 0.1) is 40.3 Å². The highest BCUT2D eigenvalue weighted by molar-refractivity contribution is 7.91. The van der Waals surface area contributed by atoms with E-state index < -0.39 is 9.84 Å². The van der Waals surface area contributed by atoms with Crippen LogP contribution in [-0.2, 0) is 16.3 Å². The highest BCUT2D eigenvalue weighted by atomic mass is 32.2. The maximum absolute atomic E-state index is 12.5. The van der Waals surface area contributed by atoms with Crippen LogP contribution in [0.25, 0.3) is 0 Å². The molecule has 25 heavy (non-hydrogen) atoms. The molecule has 1 N–H and O–H groups in total. The molecule has 0 aliphatic carbocycles. The zero-order chi connectivity index (χ0) is 18.4.